The van der Waals surface area contributed by atoms with E-state index in [1.807, 2.05) is 12.1 Å². The number of esters is 1. The van der Waals surface area contributed by atoms with Crippen LogP contribution in [-0.2, 0) is 25.5 Å². The Hall–Kier alpha value is -1.40. The molecule has 0 fully saturated rings. The largest absolute Gasteiger partial charge is 0.426 e. The molecule has 0 N–H and O–H groups in total. The number of benzene rings is 1. The molecule has 0 radical (unpaired) electrons. The minimum Gasteiger partial charge on any atom is -0.426 e. The van der Waals surface area contributed by atoms with E-state index in [0.717, 1.165) is 11.8 Å². The van der Waals surface area contributed by atoms with Crippen LogP contribution in [-0.4, -0.2) is 27.2 Å². The second kappa shape index (κ2) is 6.51. The first kappa shape index (κ1) is 14.7. The molecule has 1 rings (SSSR count). The predicted octanol–water partition coefficient (Wildman–Crippen LogP) is 1.52. The van der Waals surface area contributed by atoms with Gasteiger partial charge in [-0.05, 0) is 24.5 Å². The zero-order valence-corrected chi connectivity index (χ0v) is 11.2. The molecule has 0 spiro atoms. The van der Waals surface area contributed by atoms with Crippen molar-refractivity contribution < 1.29 is 22.1 Å². The Balaban J connectivity index is 2.54. The van der Waals surface area contributed by atoms with Gasteiger partial charge in [-0.25, -0.2) is 0 Å². The third-order valence-corrected chi connectivity index (χ3v) is 2.71. The minimum atomic E-state index is -3.39. The molecule has 0 aliphatic rings. The number of aryl methyl sites for hydroxylation is 1. The summed E-state index contributed by atoms with van der Waals surface area (Å²) in [5.74, 6) is 0.124. The van der Waals surface area contributed by atoms with E-state index in [9.17, 15) is 13.2 Å². The number of hydrogen-bond donors (Lipinski definition) is 0. The van der Waals surface area contributed by atoms with Crippen LogP contribution in [0.15, 0.2) is 24.3 Å². The summed E-state index contributed by atoms with van der Waals surface area (Å²) in [7, 11) is -3.39. The number of carbonyl (C=O) groups excluding carboxylic acids is 1. The second-order valence-corrected chi connectivity index (χ2v) is 5.47. The van der Waals surface area contributed by atoms with E-state index >= 15 is 0 Å². The molecule has 0 aromatic heterocycles. The van der Waals surface area contributed by atoms with Gasteiger partial charge in [0.2, 0.25) is 0 Å². The number of ether oxygens (including phenoxy) is 1. The molecular weight excluding hydrogens is 256 g/mol. The maximum Gasteiger partial charge on any atom is 0.308 e. The molecule has 0 aliphatic carbocycles. The summed E-state index contributed by atoms with van der Waals surface area (Å²) in [6.07, 6.45) is 2.13. The van der Waals surface area contributed by atoms with Gasteiger partial charge in [0.25, 0.3) is 10.1 Å². The summed E-state index contributed by atoms with van der Waals surface area (Å²) in [6, 6.07) is 7.14. The molecule has 0 saturated heterocycles. The topological polar surface area (TPSA) is 69.7 Å². The van der Waals surface area contributed by atoms with E-state index in [2.05, 4.69) is 4.18 Å². The van der Waals surface area contributed by atoms with E-state index < -0.39 is 10.1 Å². The number of rotatable bonds is 6. The van der Waals surface area contributed by atoms with Crippen molar-refractivity contribution in [1.82, 2.24) is 0 Å². The highest BCUT2D eigenvalue weighted by atomic mass is 32.2. The molecule has 0 amide bonds. The molecule has 0 atom stereocenters. The lowest BCUT2D eigenvalue weighted by Gasteiger charge is -2.08. The van der Waals surface area contributed by atoms with Crippen LogP contribution >= 0.6 is 0 Å². The molecule has 0 unspecified atom stereocenters. The Kier molecular flexibility index (Phi) is 5.30. The molecule has 100 valence electrons. The van der Waals surface area contributed by atoms with Gasteiger partial charge in [-0.15, -0.1) is 0 Å². The monoisotopic (exact) mass is 272 g/mol. The van der Waals surface area contributed by atoms with Crippen LogP contribution in [0.25, 0.3) is 0 Å². The average Bonchev–Trinajstić information content (AvgIpc) is 2.24. The van der Waals surface area contributed by atoms with Crippen molar-refractivity contribution in [2.45, 2.75) is 19.8 Å². The Morgan fingerprint density at radius 2 is 1.94 bits per heavy atom. The zero-order chi connectivity index (χ0) is 13.6. The summed E-state index contributed by atoms with van der Waals surface area (Å²) in [5.41, 5.74) is 0.852. The van der Waals surface area contributed by atoms with Crippen molar-refractivity contribution in [2.24, 2.45) is 0 Å². The lowest BCUT2D eigenvalue weighted by Crippen LogP contribution is -2.06. The van der Waals surface area contributed by atoms with Crippen LogP contribution in [0.4, 0.5) is 0 Å². The molecule has 1 aromatic carbocycles. The molecule has 0 aliphatic heterocycles. The summed E-state index contributed by atoms with van der Waals surface area (Å²) < 4.78 is 31.2. The second-order valence-electron chi connectivity index (χ2n) is 3.83. The smallest absolute Gasteiger partial charge is 0.308 e. The standard InChI is InChI=1S/C12H16O5S/c1-10(13)17-12-8-4-3-6-11(12)7-5-9-16-18(2,14)15/h3-4,6,8H,5,7,9H2,1-2H3. The van der Waals surface area contributed by atoms with Gasteiger partial charge in [0.1, 0.15) is 5.75 Å². The molecular formula is C12H16O5S. The Bertz CT molecular complexity index is 507. The summed E-state index contributed by atoms with van der Waals surface area (Å²) in [4.78, 5) is 10.9. The maximum atomic E-state index is 10.9. The fourth-order valence-corrected chi connectivity index (χ4v) is 1.86. The van der Waals surface area contributed by atoms with E-state index in [0.29, 0.717) is 18.6 Å². The first-order chi connectivity index (χ1) is 8.38. The maximum absolute atomic E-state index is 10.9. The Labute approximate surface area is 107 Å². The number of carbonyl (C=O) groups is 1. The van der Waals surface area contributed by atoms with Gasteiger partial charge in [-0.1, -0.05) is 18.2 Å². The normalized spacial score (nSPS) is 11.2. The van der Waals surface area contributed by atoms with Crippen LogP contribution in [0.3, 0.4) is 0 Å². The highest BCUT2D eigenvalue weighted by Gasteiger charge is 2.06. The number of para-hydroxylation sites is 1. The van der Waals surface area contributed by atoms with E-state index in [-0.39, 0.29) is 12.6 Å². The van der Waals surface area contributed by atoms with Crippen LogP contribution in [0.5, 0.6) is 5.75 Å². The van der Waals surface area contributed by atoms with Crippen molar-refractivity contribution in [3.8, 4) is 5.75 Å². The quantitative estimate of drug-likeness (QED) is 0.340. The SMILES string of the molecule is CC(=O)Oc1ccccc1CCCOS(C)(=O)=O. The molecule has 5 nitrogen and oxygen atoms in total. The molecule has 6 heteroatoms. The molecule has 1 aromatic rings. The average molecular weight is 272 g/mol. The minimum absolute atomic E-state index is 0.118. The lowest BCUT2D eigenvalue weighted by atomic mass is 10.1. The van der Waals surface area contributed by atoms with Gasteiger partial charge >= 0.3 is 5.97 Å². The van der Waals surface area contributed by atoms with Crippen molar-refractivity contribution in [3.05, 3.63) is 29.8 Å². The lowest BCUT2D eigenvalue weighted by molar-refractivity contribution is -0.131. The molecule has 18 heavy (non-hydrogen) atoms. The molecule has 0 bridgehead atoms. The first-order valence-electron chi connectivity index (χ1n) is 5.49. The van der Waals surface area contributed by atoms with Crippen LogP contribution in [0, 0.1) is 0 Å². The first-order valence-corrected chi connectivity index (χ1v) is 7.31. The van der Waals surface area contributed by atoms with Gasteiger partial charge in [0.05, 0.1) is 12.9 Å². The van der Waals surface area contributed by atoms with Crippen molar-refractivity contribution >= 4 is 16.1 Å². The van der Waals surface area contributed by atoms with Crippen molar-refractivity contribution in [1.29, 1.82) is 0 Å². The van der Waals surface area contributed by atoms with Gasteiger partial charge in [-0.2, -0.15) is 8.42 Å². The van der Waals surface area contributed by atoms with Crippen LogP contribution in [0.1, 0.15) is 18.9 Å². The molecule has 0 saturated carbocycles. The fraction of sp³-hybridized carbons (Fsp3) is 0.417. The Morgan fingerprint density at radius 1 is 1.28 bits per heavy atom. The van der Waals surface area contributed by atoms with Crippen molar-refractivity contribution in [2.75, 3.05) is 12.9 Å². The van der Waals surface area contributed by atoms with Gasteiger partial charge < -0.3 is 4.74 Å². The third-order valence-electron chi connectivity index (χ3n) is 2.11. The van der Waals surface area contributed by atoms with Gasteiger partial charge in [0, 0.05) is 6.92 Å². The van der Waals surface area contributed by atoms with E-state index in [1.54, 1.807) is 12.1 Å². The molecule has 0 heterocycles. The van der Waals surface area contributed by atoms with Crippen molar-refractivity contribution in [3.63, 3.8) is 0 Å². The van der Waals surface area contributed by atoms with Gasteiger partial charge in [-0.3, -0.25) is 8.98 Å². The van der Waals surface area contributed by atoms with E-state index in [1.165, 1.54) is 6.92 Å². The Morgan fingerprint density at radius 3 is 2.56 bits per heavy atom. The summed E-state index contributed by atoms with van der Waals surface area (Å²) >= 11 is 0. The highest BCUT2D eigenvalue weighted by molar-refractivity contribution is 7.85. The third kappa shape index (κ3) is 5.79. The predicted molar refractivity (Wildman–Crippen MR) is 66.9 cm³/mol. The summed E-state index contributed by atoms with van der Waals surface area (Å²) in [5, 5.41) is 0. The number of hydrogen-bond acceptors (Lipinski definition) is 5. The van der Waals surface area contributed by atoms with Gasteiger partial charge in [0.15, 0.2) is 0 Å². The fourth-order valence-electron chi connectivity index (χ4n) is 1.44. The highest BCUT2D eigenvalue weighted by Crippen LogP contribution is 2.19. The van der Waals surface area contributed by atoms with Crippen LogP contribution < -0.4 is 4.74 Å². The van der Waals surface area contributed by atoms with Crippen LogP contribution in [0.2, 0.25) is 0 Å². The zero-order valence-electron chi connectivity index (χ0n) is 10.4. The summed E-state index contributed by atoms with van der Waals surface area (Å²) in [6.45, 7) is 1.46. The van der Waals surface area contributed by atoms with E-state index in [4.69, 9.17) is 4.74 Å².